The van der Waals surface area contributed by atoms with Gasteiger partial charge in [0.1, 0.15) is 5.75 Å². The summed E-state index contributed by atoms with van der Waals surface area (Å²) in [5, 5.41) is 9.11. The van der Waals surface area contributed by atoms with Crippen molar-refractivity contribution in [2.45, 2.75) is 18.8 Å². The molecular weight excluding hydrogens is 218 g/mol. The maximum absolute atomic E-state index is 11.1. The summed E-state index contributed by atoms with van der Waals surface area (Å²) in [6, 6.07) is 7.57. The van der Waals surface area contributed by atoms with Crippen LogP contribution < -0.4 is 10.5 Å². The van der Waals surface area contributed by atoms with E-state index in [1.165, 1.54) is 0 Å². The Kier molecular flexibility index (Phi) is 3.07. The van der Waals surface area contributed by atoms with Crippen LogP contribution >= 0.6 is 0 Å². The van der Waals surface area contributed by atoms with Gasteiger partial charge < -0.3 is 15.6 Å². The van der Waals surface area contributed by atoms with Gasteiger partial charge in [0.2, 0.25) is 0 Å². The fourth-order valence-corrected chi connectivity index (χ4v) is 2.57. The highest BCUT2D eigenvalue weighted by Crippen LogP contribution is 2.43. The van der Waals surface area contributed by atoms with E-state index < -0.39 is 11.4 Å². The van der Waals surface area contributed by atoms with E-state index in [2.05, 4.69) is 0 Å². The van der Waals surface area contributed by atoms with Crippen LogP contribution in [0.1, 0.15) is 18.9 Å². The van der Waals surface area contributed by atoms with Crippen LogP contribution in [0.3, 0.4) is 0 Å². The highest BCUT2D eigenvalue weighted by molar-refractivity contribution is 5.70. The molecular formula is C13H17NO3. The number of carboxylic acid groups (broad SMARTS) is 1. The largest absolute Gasteiger partial charge is 0.493 e. The van der Waals surface area contributed by atoms with Gasteiger partial charge in [0.15, 0.2) is 0 Å². The molecule has 0 saturated carbocycles. The van der Waals surface area contributed by atoms with Crippen molar-refractivity contribution in [3.63, 3.8) is 0 Å². The summed E-state index contributed by atoms with van der Waals surface area (Å²) in [7, 11) is 0. The first-order chi connectivity index (χ1) is 8.10. The van der Waals surface area contributed by atoms with Gasteiger partial charge in [-0.2, -0.15) is 0 Å². The van der Waals surface area contributed by atoms with E-state index in [0.29, 0.717) is 13.2 Å². The number of rotatable bonds is 3. The van der Waals surface area contributed by atoms with Crippen LogP contribution in [0.2, 0.25) is 0 Å². The second-order valence-corrected chi connectivity index (χ2v) is 4.64. The predicted octanol–water partition coefficient (Wildman–Crippen LogP) is 1.39. The Morgan fingerprint density at radius 2 is 2.29 bits per heavy atom. The van der Waals surface area contributed by atoms with Gasteiger partial charge in [-0.25, -0.2) is 0 Å². The molecule has 1 aromatic rings. The summed E-state index contributed by atoms with van der Waals surface area (Å²) in [5.41, 5.74) is 6.28. The molecule has 17 heavy (non-hydrogen) atoms. The highest BCUT2D eigenvalue weighted by Gasteiger charge is 2.43. The molecule has 4 nitrogen and oxygen atoms in total. The smallest absolute Gasteiger partial charge is 0.304 e. The fourth-order valence-electron chi connectivity index (χ4n) is 2.57. The monoisotopic (exact) mass is 235 g/mol. The Morgan fingerprint density at radius 3 is 2.94 bits per heavy atom. The van der Waals surface area contributed by atoms with Crippen LogP contribution in [0, 0.1) is 5.92 Å². The zero-order valence-electron chi connectivity index (χ0n) is 9.85. The third-order valence-electron chi connectivity index (χ3n) is 3.69. The minimum Gasteiger partial charge on any atom is -0.493 e. The van der Waals surface area contributed by atoms with E-state index in [1.54, 1.807) is 0 Å². The summed E-state index contributed by atoms with van der Waals surface area (Å²) < 4.78 is 5.63. The minimum atomic E-state index is -0.820. The molecule has 3 N–H and O–H groups in total. The third kappa shape index (κ3) is 1.89. The fraction of sp³-hybridized carbons (Fsp3) is 0.462. The molecule has 0 aromatic heterocycles. The first kappa shape index (κ1) is 11.9. The lowest BCUT2D eigenvalue weighted by molar-refractivity contribution is -0.139. The number of benzene rings is 1. The lowest BCUT2D eigenvalue weighted by Crippen LogP contribution is -2.47. The number of carboxylic acids is 1. The van der Waals surface area contributed by atoms with Gasteiger partial charge in [-0.1, -0.05) is 25.1 Å². The van der Waals surface area contributed by atoms with E-state index >= 15 is 0 Å². The lowest BCUT2D eigenvalue weighted by atomic mass is 9.67. The topological polar surface area (TPSA) is 72.5 Å². The van der Waals surface area contributed by atoms with Gasteiger partial charge in [0, 0.05) is 23.4 Å². The van der Waals surface area contributed by atoms with Crippen molar-refractivity contribution >= 4 is 5.97 Å². The van der Waals surface area contributed by atoms with E-state index in [-0.39, 0.29) is 12.3 Å². The maximum Gasteiger partial charge on any atom is 0.304 e. The Labute approximate surface area is 100 Å². The van der Waals surface area contributed by atoms with Gasteiger partial charge in [0.05, 0.1) is 13.0 Å². The normalized spacial score (nSPS) is 27.1. The van der Waals surface area contributed by atoms with Gasteiger partial charge in [0.25, 0.3) is 0 Å². The summed E-state index contributed by atoms with van der Waals surface area (Å²) in [4.78, 5) is 11.1. The van der Waals surface area contributed by atoms with Crippen LogP contribution in [0.5, 0.6) is 5.75 Å². The summed E-state index contributed by atoms with van der Waals surface area (Å²) in [5.74, 6) is 0.0369. The van der Waals surface area contributed by atoms with Gasteiger partial charge in [-0.05, 0) is 6.07 Å². The molecule has 2 rings (SSSR count). The van der Waals surface area contributed by atoms with Crippen molar-refractivity contribution in [3.8, 4) is 5.75 Å². The number of para-hydroxylation sites is 1. The molecule has 1 heterocycles. The molecule has 0 saturated heterocycles. The number of hydrogen-bond acceptors (Lipinski definition) is 3. The molecule has 1 aliphatic rings. The van der Waals surface area contributed by atoms with E-state index in [4.69, 9.17) is 15.6 Å². The van der Waals surface area contributed by atoms with Gasteiger partial charge in [-0.15, -0.1) is 0 Å². The zero-order chi connectivity index (χ0) is 12.5. The predicted molar refractivity (Wildman–Crippen MR) is 64.1 cm³/mol. The van der Waals surface area contributed by atoms with Crippen molar-refractivity contribution < 1.29 is 14.6 Å². The average molecular weight is 235 g/mol. The maximum atomic E-state index is 11.1. The van der Waals surface area contributed by atoms with Crippen molar-refractivity contribution in [3.05, 3.63) is 29.8 Å². The van der Waals surface area contributed by atoms with Crippen LogP contribution in [-0.4, -0.2) is 24.2 Å². The van der Waals surface area contributed by atoms with Crippen molar-refractivity contribution in [1.29, 1.82) is 0 Å². The Hall–Kier alpha value is -1.55. The Morgan fingerprint density at radius 1 is 1.59 bits per heavy atom. The average Bonchev–Trinajstić information content (AvgIpc) is 2.32. The molecule has 92 valence electrons. The Balaban J connectivity index is 2.52. The second-order valence-electron chi connectivity index (χ2n) is 4.64. The second kappa shape index (κ2) is 4.37. The summed E-state index contributed by atoms with van der Waals surface area (Å²) >= 11 is 0. The molecule has 1 aliphatic heterocycles. The van der Waals surface area contributed by atoms with Crippen molar-refractivity contribution in [2.24, 2.45) is 11.7 Å². The third-order valence-corrected chi connectivity index (χ3v) is 3.69. The molecule has 0 spiro atoms. The molecule has 0 amide bonds. The molecule has 0 bridgehead atoms. The van der Waals surface area contributed by atoms with E-state index in [1.807, 2.05) is 31.2 Å². The number of carbonyl (C=O) groups is 1. The van der Waals surface area contributed by atoms with Crippen LogP contribution in [0.4, 0.5) is 0 Å². The first-order valence-electron chi connectivity index (χ1n) is 5.74. The molecule has 0 radical (unpaired) electrons. The number of ether oxygens (including phenoxy) is 1. The molecule has 2 atom stereocenters. The van der Waals surface area contributed by atoms with Crippen molar-refractivity contribution in [2.75, 3.05) is 13.2 Å². The lowest BCUT2D eigenvalue weighted by Gasteiger charge is -2.42. The number of hydrogen-bond donors (Lipinski definition) is 2. The van der Waals surface area contributed by atoms with Crippen LogP contribution in [0.25, 0.3) is 0 Å². The number of nitrogens with two attached hydrogens (primary N) is 1. The molecule has 2 unspecified atom stereocenters. The summed E-state index contributed by atoms with van der Waals surface area (Å²) in [6.45, 7) is 2.83. The highest BCUT2D eigenvalue weighted by atomic mass is 16.5. The zero-order valence-corrected chi connectivity index (χ0v) is 9.85. The molecule has 0 aliphatic carbocycles. The number of fused-ring (bicyclic) bond motifs is 1. The molecule has 0 fully saturated rings. The van der Waals surface area contributed by atoms with Crippen LogP contribution in [0.15, 0.2) is 24.3 Å². The van der Waals surface area contributed by atoms with Gasteiger partial charge in [-0.3, -0.25) is 4.79 Å². The Bertz CT molecular complexity index is 432. The molecule has 4 heteroatoms. The quantitative estimate of drug-likeness (QED) is 0.830. The van der Waals surface area contributed by atoms with Crippen molar-refractivity contribution in [1.82, 2.24) is 0 Å². The minimum absolute atomic E-state index is 0.0467. The molecule has 1 aromatic carbocycles. The SMILES string of the molecule is CC1COc2ccccc2C1(CN)CC(=O)O. The standard InChI is InChI=1S/C13H17NO3/c1-9-7-17-11-5-3-2-4-10(11)13(9,8-14)6-12(15)16/h2-5,9H,6-8,14H2,1H3,(H,15,16). The first-order valence-corrected chi connectivity index (χ1v) is 5.74. The summed E-state index contributed by atoms with van der Waals surface area (Å²) in [6.07, 6.45) is 0.0467. The van der Waals surface area contributed by atoms with E-state index in [0.717, 1.165) is 11.3 Å². The van der Waals surface area contributed by atoms with Crippen LogP contribution in [-0.2, 0) is 10.2 Å². The van der Waals surface area contributed by atoms with E-state index in [9.17, 15) is 4.79 Å². The number of aliphatic carboxylic acids is 1. The van der Waals surface area contributed by atoms with Gasteiger partial charge >= 0.3 is 5.97 Å².